The van der Waals surface area contributed by atoms with Crippen molar-refractivity contribution in [3.05, 3.63) is 0 Å². The van der Waals surface area contributed by atoms with Gasteiger partial charge in [-0.1, -0.05) is 52.9 Å². The number of rotatable bonds is 22. The minimum Gasteiger partial charge on any atom is -0.388 e. The molecule has 11 N–H and O–H groups in total. The molecule has 0 heterocycles. The lowest BCUT2D eigenvalue weighted by molar-refractivity contribution is -0.141. The van der Waals surface area contributed by atoms with Crippen LogP contribution in [-0.2, 0) is 38.4 Å². The number of nitrogens with zero attached hydrogens (tertiary/aromatic N) is 1. The molecular weight excluding hydrogens is 678 g/mol. The number of nitrogens with one attached hydrogen (secondary N) is 6. The average Bonchev–Trinajstić information content (AvgIpc) is 3.08. The van der Waals surface area contributed by atoms with Gasteiger partial charge in [-0.3, -0.25) is 38.4 Å². The van der Waals surface area contributed by atoms with Crippen molar-refractivity contribution in [2.24, 2.45) is 23.3 Å². The molecule has 5 unspecified atom stereocenters. The molecule has 0 saturated heterocycles. The SMILES string of the molecule is CCC(NC(=O)C(NC(=O)C(CC1CCCCC1)NC(=O)C(CCN)NC(=O)CNC(=O)[C@H](C)N(C)C(=O)C(NC=O)C(C)C)C(C)(C)O)C(N)=O. The smallest absolute Gasteiger partial charge is 0.246 e. The highest BCUT2D eigenvalue weighted by molar-refractivity contribution is 5.96. The molecule has 1 aliphatic rings. The van der Waals surface area contributed by atoms with Crippen molar-refractivity contribution >= 4 is 47.8 Å². The van der Waals surface area contributed by atoms with Crippen LogP contribution in [0.15, 0.2) is 0 Å². The summed E-state index contributed by atoms with van der Waals surface area (Å²) in [4.78, 5) is 103. The van der Waals surface area contributed by atoms with Crippen molar-refractivity contribution in [2.75, 3.05) is 20.1 Å². The van der Waals surface area contributed by atoms with Gasteiger partial charge < -0.3 is 53.4 Å². The lowest BCUT2D eigenvalue weighted by atomic mass is 9.84. The zero-order valence-electron chi connectivity index (χ0n) is 31.6. The number of likely N-dealkylation sites (N-methyl/N-ethyl adjacent to an activating group) is 1. The number of hydrogen-bond acceptors (Lipinski definition) is 10. The molecule has 0 aromatic heterocycles. The van der Waals surface area contributed by atoms with E-state index in [4.69, 9.17) is 11.5 Å². The maximum atomic E-state index is 13.7. The molecule has 1 aliphatic carbocycles. The highest BCUT2D eigenvalue weighted by atomic mass is 16.3. The first-order valence-electron chi connectivity index (χ1n) is 17.9. The predicted octanol–water partition coefficient (Wildman–Crippen LogP) is -2.36. The Labute approximate surface area is 306 Å². The van der Waals surface area contributed by atoms with Crippen LogP contribution in [0.1, 0.15) is 92.9 Å². The first-order chi connectivity index (χ1) is 24.3. The Balaban J connectivity index is 3.09. The topological polar surface area (TPSA) is 284 Å². The third-order valence-corrected chi connectivity index (χ3v) is 9.27. The molecule has 8 amide bonds. The van der Waals surface area contributed by atoms with Gasteiger partial charge in [0.2, 0.25) is 47.8 Å². The Hall–Kier alpha value is -4.32. The Bertz CT molecular complexity index is 1250. The minimum atomic E-state index is -1.78. The van der Waals surface area contributed by atoms with Crippen LogP contribution in [0.2, 0.25) is 0 Å². The normalized spacial score (nSPS) is 16.9. The van der Waals surface area contributed by atoms with Crippen molar-refractivity contribution in [1.29, 1.82) is 0 Å². The van der Waals surface area contributed by atoms with Crippen LogP contribution < -0.4 is 43.4 Å². The van der Waals surface area contributed by atoms with E-state index in [1.807, 2.05) is 0 Å². The third kappa shape index (κ3) is 14.7. The van der Waals surface area contributed by atoms with E-state index in [9.17, 15) is 43.5 Å². The van der Waals surface area contributed by atoms with E-state index in [0.29, 0.717) is 6.41 Å². The van der Waals surface area contributed by atoms with Crippen LogP contribution in [0.5, 0.6) is 0 Å². The number of hydrogen-bond donors (Lipinski definition) is 9. The molecule has 6 atom stereocenters. The van der Waals surface area contributed by atoms with Crippen molar-refractivity contribution in [1.82, 2.24) is 36.8 Å². The zero-order valence-corrected chi connectivity index (χ0v) is 31.6. The molecule has 0 spiro atoms. The number of amides is 8. The first kappa shape index (κ1) is 45.7. The monoisotopic (exact) mass is 739 g/mol. The molecule has 0 aromatic carbocycles. The van der Waals surface area contributed by atoms with Crippen molar-refractivity contribution < 1.29 is 43.5 Å². The van der Waals surface area contributed by atoms with Gasteiger partial charge in [0.1, 0.15) is 36.3 Å². The lowest BCUT2D eigenvalue weighted by Crippen LogP contribution is -2.63. The number of aliphatic hydroxyl groups is 1. The van der Waals surface area contributed by atoms with E-state index in [2.05, 4.69) is 31.9 Å². The maximum Gasteiger partial charge on any atom is 0.246 e. The number of primary amides is 1. The molecule has 1 saturated carbocycles. The molecule has 0 aliphatic heterocycles. The number of carbonyl (C=O) groups excluding carboxylic acids is 8. The van der Waals surface area contributed by atoms with E-state index in [0.717, 1.165) is 37.0 Å². The zero-order chi connectivity index (χ0) is 39.8. The fourth-order valence-corrected chi connectivity index (χ4v) is 5.90. The molecule has 52 heavy (non-hydrogen) atoms. The summed E-state index contributed by atoms with van der Waals surface area (Å²) >= 11 is 0. The Kier molecular flexibility index (Phi) is 19.3. The number of carbonyl (C=O) groups is 8. The Morgan fingerprint density at radius 1 is 0.865 bits per heavy atom. The van der Waals surface area contributed by atoms with Gasteiger partial charge in [-0.05, 0) is 58.4 Å². The van der Waals surface area contributed by atoms with Crippen LogP contribution in [0.4, 0.5) is 0 Å². The van der Waals surface area contributed by atoms with E-state index >= 15 is 0 Å². The van der Waals surface area contributed by atoms with Gasteiger partial charge in [0.15, 0.2) is 0 Å². The third-order valence-electron chi connectivity index (χ3n) is 9.27. The standard InChI is InChI=1S/C34H61N9O9/c1-8-22(28(36)46)40-32(50)27(34(5,6)52)42-31(49)24(16-21-12-10-9-11-13-21)41-30(48)23(14-15-35)39-25(45)17-37-29(47)20(4)43(7)33(51)26(19(2)3)38-18-44/h18-24,26-27,52H,8-17,35H2,1-7H3,(H2,36,46)(H,37,47)(H,38,44)(H,39,45)(H,40,50)(H,41,48)(H,42,49)/t20-,22?,23?,24?,26?,27?/m0/s1. The highest BCUT2D eigenvalue weighted by Gasteiger charge is 2.39. The van der Waals surface area contributed by atoms with Crippen LogP contribution >= 0.6 is 0 Å². The van der Waals surface area contributed by atoms with Crippen molar-refractivity contribution in [2.45, 2.75) is 135 Å². The molecule has 296 valence electrons. The van der Waals surface area contributed by atoms with E-state index < -0.39 is 89.7 Å². The summed E-state index contributed by atoms with van der Waals surface area (Å²) in [6.07, 6.45) is 5.37. The second-order valence-corrected chi connectivity index (χ2v) is 14.3. The van der Waals surface area contributed by atoms with Gasteiger partial charge >= 0.3 is 0 Å². The summed E-state index contributed by atoms with van der Waals surface area (Å²) in [6, 6.07) is -6.78. The Morgan fingerprint density at radius 3 is 1.94 bits per heavy atom. The van der Waals surface area contributed by atoms with Crippen molar-refractivity contribution in [3.63, 3.8) is 0 Å². The molecule has 0 aromatic rings. The largest absolute Gasteiger partial charge is 0.388 e. The summed E-state index contributed by atoms with van der Waals surface area (Å²) in [5, 5.41) is 25.9. The summed E-state index contributed by atoms with van der Waals surface area (Å²) in [5.41, 5.74) is 9.32. The second kappa shape index (κ2) is 21.9. The van der Waals surface area contributed by atoms with E-state index in [-0.39, 0.29) is 37.6 Å². The van der Waals surface area contributed by atoms with Crippen LogP contribution in [0.3, 0.4) is 0 Å². The molecule has 0 bridgehead atoms. The van der Waals surface area contributed by atoms with Crippen LogP contribution in [0, 0.1) is 11.8 Å². The van der Waals surface area contributed by atoms with Gasteiger partial charge in [0.25, 0.3) is 0 Å². The highest BCUT2D eigenvalue weighted by Crippen LogP contribution is 2.27. The predicted molar refractivity (Wildman–Crippen MR) is 191 cm³/mol. The van der Waals surface area contributed by atoms with Crippen LogP contribution in [0.25, 0.3) is 0 Å². The summed E-state index contributed by atoms with van der Waals surface area (Å²) in [7, 11) is 1.40. The molecule has 1 fully saturated rings. The number of nitrogens with two attached hydrogens (primary N) is 2. The van der Waals surface area contributed by atoms with Gasteiger partial charge in [-0.2, -0.15) is 0 Å². The fourth-order valence-electron chi connectivity index (χ4n) is 5.90. The van der Waals surface area contributed by atoms with Gasteiger partial charge in [-0.15, -0.1) is 0 Å². The van der Waals surface area contributed by atoms with Gasteiger partial charge in [0, 0.05) is 7.05 Å². The van der Waals surface area contributed by atoms with Crippen molar-refractivity contribution in [3.8, 4) is 0 Å². The quantitative estimate of drug-likeness (QED) is 0.0533. The molecule has 18 heteroatoms. The summed E-state index contributed by atoms with van der Waals surface area (Å²) in [5.74, 6) is -5.17. The Morgan fingerprint density at radius 2 is 1.44 bits per heavy atom. The fraction of sp³-hybridized carbons (Fsp3) is 0.765. The first-order valence-corrected chi connectivity index (χ1v) is 17.9. The summed E-state index contributed by atoms with van der Waals surface area (Å²) < 4.78 is 0. The van der Waals surface area contributed by atoms with E-state index in [1.54, 1.807) is 20.8 Å². The molecule has 1 rings (SSSR count). The van der Waals surface area contributed by atoms with Crippen LogP contribution in [-0.4, -0.2) is 120 Å². The lowest BCUT2D eigenvalue weighted by Gasteiger charge is -2.33. The van der Waals surface area contributed by atoms with E-state index in [1.165, 1.54) is 27.8 Å². The minimum absolute atomic E-state index is 0.0145. The molecule has 18 nitrogen and oxygen atoms in total. The van der Waals surface area contributed by atoms with Gasteiger partial charge in [-0.25, -0.2) is 0 Å². The van der Waals surface area contributed by atoms with Gasteiger partial charge in [0.05, 0.1) is 12.1 Å². The maximum absolute atomic E-state index is 13.7. The summed E-state index contributed by atoms with van der Waals surface area (Å²) in [6.45, 7) is 8.63. The molecule has 0 radical (unpaired) electrons. The average molecular weight is 740 g/mol. The molecular formula is C34H61N9O9. The second-order valence-electron chi connectivity index (χ2n) is 14.3.